The monoisotopic (exact) mass is 427 g/mol. The van der Waals surface area contributed by atoms with E-state index in [2.05, 4.69) is 9.97 Å². The molecule has 31 heavy (non-hydrogen) atoms. The number of amides is 1. The van der Waals surface area contributed by atoms with Gasteiger partial charge in [0.25, 0.3) is 5.91 Å². The van der Waals surface area contributed by atoms with E-state index in [1.54, 1.807) is 19.1 Å². The summed E-state index contributed by atoms with van der Waals surface area (Å²) in [5.74, 6) is -3.93. The Bertz CT molecular complexity index is 1130. The number of primary amides is 1. The molecule has 1 saturated heterocycles. The van der Waals surface area contributed by atoms with Gasteiger partial charge in [-0.1, -0.05) is 12.1 Å². The highest BCUT2D eigenvalue weighted by Crippen LogP contribution is 2.45. The molecule has 1 atom stereocenters. The molecule has 3 aromatic rings. The standard InChI is InChI=1S/C23H20F3N3O2/c1-23(9-2-3-11-31-23)18-16(13-6-5-10-28-12-13)21(22(27)30)29-20(19(18)26)17-14(24)7-4-8-15(17)25/h4-8,10,12H,2-3,9,11H2,1H3,(H2,27,30). The molecular weight excluding hydrogens is 407 g/mol. The predicted molar refractivity (Wildman–Crippen MR) is 108 cm³/mol. The number of ether oxygens (including phenoxy) is 1. The molecule has 0 saturated carbocycles. The molecule has 1 aliphatic heterocycles. The summed E-state index contributed by atoms with van der Waals surface area (Å²) < 4.78 is 51.1. The van der Waals surface area contributed by atoms with Crippen LogP contribution in [0.4, 0.5) is 13.2 Å². The van der Waals surface area contributed by atoms with Crippen molar-refractivity contribution in [3.8, 4) is 22.4 Å². The first kappa shape index (κ1) is 21.0. The molecule has 8 heteroatoms. The van der Waals surface area contributed by atoms with Crippen LogP contribution >= 0.6 is 0 Å². The summed E-state index contributed by atoms with van der Waals surface area (Å²) in [6.07, 6.45) is 4.96. The number of pyridine rings is 2. The molecular formula is C23H20F3N3O2. The third-order valence-electron chi connectivity index (χ3n) is 5.52. The molecule has 2 N–H and O–H groups in total. The van der Waals surface area contributed by atoms with E-state index in [1.807, 2.05) is 0 Å². The Morgan fingerprint density at radius 3 is 2.42 bits per heavy atom. The fourth-order valence-electron chi connectivity index (χ4n) is 4.05. The van der Waals surface area contributed by atoms with Crippen molar-refractivity contribution in [3.05, 3.63) is 71.4 Å². The Labute approximate surface area is 177 Å². The Kier molecular flexibility index (Phi) is 5.49. The van der Waals surface area contributed by atoms with E-state index < -0.39 is 40.2 Å². The van der Waals surface area contributed by atoms with Crippen molar-refractivity contribution >= 4 is 5.91 Å². The third-order valence-corrected chi connectivity index (χ3v) is 5.52. The van der Waals surface area contributed by atoms with E-state index in [1.165, 1.54) is 12.4 Å². The molecule has 5 nitrogen and oxygen atoms in total. The van der Waals surface area contributed by atoms with E-state index in [0.717, 1.165) is 31.0 Å². The number of hydrogen-bond acceptors (Lipinski definition) is 4. The molecule has 3 heterocycles. The molecule has 1 aliphatic rings. The molecule has 0 radical (unpaired) electrons. The molecule has 1 aromatic carbocycles. The number of nitrogens with zero attached hydrogens (tertiary/aromatic N) is 2. The van der Waals surface area contributed by atoms with Crippen molar-refractivity contribution in [1.82, 2.24) is 9.97 Å². The Morgan fingerprint density at radius 2 is 1.84 bits per heavy atom. The summed E-state index contributed by atoms with van der Waals surface area (Å²) in [6.45, 7) is 2.07. The highest BCUT2D eigenvalue weighted by atomic mass is 19.1. The topological polar surface area (TPSA) is 78.1 Å². The van der Waals surface area contributed by atoms with E-state index in [0.29, 0.717) is 18.6 Å². The minimum absolute atomic E-state index is 0.0124. The largest absolute Gasteiger partial charge is 0.370 e. The van der Waals surface area contributed by atoms with Crippen LogP contribution in [0, 0.1) is 17.5 Å². The van der Waals surface area contributed by atoms with Crippen LogP contribution in [-0.2, 0) is 10.3 Å². The van der Waals surface area contributed by atoms with Gasteiger partial charge in [0.05, 0.1) is 11.2 Å². The van der Waals surface area contributed by atoms with E-state index in [-0.39, 0.29) is 16.8 Å². The molecule has 0 spiro atoms. The highest BCUT2D eigenvalue weighted by Gasteiger charge is 2.39. The number of carbonyl (C=O) groups is 1. The fourth-order valence-corrected chi connectivity index (χ4v) is 4.05. The van der Waals surface area contributed by atoms with Gasteiger partial charge in [0.1, 0.15) is 23.0 Å². The number of rotatable bonds is 4. The van der Waals surface area contributed by atoms with Crippen LogP contribution in [0.3, 0.4) is 0 Å². The molecule has 1 amide bonds. The SMILES string of the molecule is CC1(c2c(F)c(-c3c(F)cccc3F)nc(C(N)=O)c2-c2cccnc2)CCCCO1. The fraction of sp³-hybridized carbons (Fsp3) is 0.261. The second-order valence-electron chi connectivity index (χ2n) is 7.61. The maximum absolute atomic E-state index is 16.1. The van der Waals surface area contributed by atoms with Crippen molar-refractivity contribution in [1.29, 1.82) is 0 Å². The average Bonchev–Trinajstić information content (AvgIpc) is 2.75. The number of halogens is 3. The summed E-state index contributed by atoms with van der Waals surface area (Å²) in [4.78, 5) is 20.4. The molecule has 1 unspecified atom stereocenters. The van der Waals surface area contributed by atoms with Crippen molar-refractivity contribution in [2.45, 2.75) is 31.8 Å². The van der Waals surface area contributed by atoms with E-state index >= 15 is 4.39 Å². The van der Waals surface area contributed by atoms with Crippen molar-refractivity contribution in [2.24, 2.45) is 5.73 Å². The first-order valence-corrected chi connectivity index (χ1v) is 9.86. The van der Waals surface area contributed by atoms with Gasteiger partial charge in [-0.15, -0.1) is 0 Å². The smallest absolute Gasteiger partial charge is 0.267 e. The van der Waals surface area contributed by atoms with Gasteiger partial charge in [-0.25, -0.2) is 18.2 Å². The molecule has 1 fully saturated rings. The predicted octanol–water partition coefficient (Wildman–Crippen LogP) is 4.74. The lowest BCUT2D eigenvalue weighted by molar-refractivity contribution is -0.0718. The van der Waals surface area contributed by atoms with Crippen LogP contribution in [0.2, 0.25) is 0 Å². The van der Waals surface area contributed by atoms with Crippen molar-refractivity contribution < 1.29 is 22.7 Å². The highest BCUT2D eigenvalue weighted by molar-refractivity contribution is 5.99. The second-order valence-corrected chi connectivity index (χ2v) is 7.61. The number of aromatic nitrogens is 2. The zero-order chi connectivity index (χ0) is 22.2. The van der Waals surface area contributed by atoms with Gasteiger partial charge in [0.2, 0.25) is 0 Å². The van der Waals surface area contributed by atoms with E-state index in [4.69, 9.17) is 10.5 Å². The summed E-state index contributed by atoms with van der Waals surface area (Å²) in [6, 6.07) is 6.41. The van der Waals surface area contributed by atoms with Crippen LogP contribution in [0.25, 0.3) is 22.4 Å². The maximum atomic E-state index is 16.1. The Hall–Kier alpha value is -3.26. The lowest BCUT2D eigenvalue weighted by Crippen LogP contribution is -2.33. The van der Waals surface area contributed by atoms with Crippen LogP contribution in [0.5, 0.6) is 0 Å². The maximum Gasteiger partial charge on any atom is 0.267 e. The van der Waals surface area contributed by atoms with Gasteiger partial charge in [0, 0.05) is 35.7 Å². The summed E-state index contributed by atoms with van der Waals surface area (Å²) in [5.41, 5.74) is 3.34. The third kappa shape index (κ3) is 3.67. The van der Waals surface area contributed by atoms with Gasteiger partial charge in [-0.3, -0.25) is 9.78 Å². The summed E-state index contributed by atoms with van der Waals surface area (Å²) in [7, 11) is 0. The van der Waals surface area contributed by atoms with Crippen LogP contribution in [0.1, 0.15) is 42.2 Å². The average molecular weight is 427 g/mol. The quantitative estimate of drug-likeness (QED) is 0.652. The molecule has 4 rings (SSSR count). The molecule has 0 bridgehead atoms. The lowest BCUT2D eigenvalue weighted by Gasteiger charge is -2.36. The first-order valence-electron chi connectivity index (χ1n) is 9.86. The molecule has 160 valence electrons. The van der Waals surface area contributed by atoms with Crippen LogP contribution in [0.15, 0.2) is 42.7 Å². The minimum atomic E-state index is -1.16. The van der Waals surface area contributed by atoms with Gasteiger partial charge in [-0.05, 0) is 44.4 Å². The van der Waals surface area contributed by atoms with E-state index in [9.17, 15) is 13.6 Å². The van der Waals surface area contributed by atoms with Crippen molar-refractivity contribution in [2.75, 3.05) is 6.61 Å². The zero-order valence-corrected chi connectivity index (χ0v) is 16.8. The number of benzene rings is 1. The van der Waals surface area contributed by atoms with Crippen LogP contribution in [-0.4, -0.2) is 22.5 Å². The Balaban J connectivity index is 2.13. The normalized spacial score (nSPS) is 18.7. The zero-order valence-electron chi connectivity index (χ0n) is 16.8. The molecule has 2 aromatic heterocycles. The summed E-state index contributed by atoms with van der Waals surface area (Å²) in [5, 5.41) is 0. The van der Waals surface area contributed by atoms with Gasteiger partial charge >= 0.3 is 0 Å². The lowest BCUT2D eigenvalue weighted by atomic mass is 9.81. The van der Waals surface area contributed by atoms with Crippen LogP contribution < -0.4 is 5.73 Å². The van der Waals surface area contributed by atoms with Gasteiger partial charge in [0.15, 0.2) is 5.82 Å². The van der Waals surface area contributed by atoms with Gasteiger partial charge in [-0.2, -0.15) is 0 Å². The Morgan fingerprint density at radius 1 is 1.10 bits per heavy atom. The van der Waals surface area contributed by atoms with Crippen molar-refractivity contribution in [3.63, 3.8) is 0 Å². The minimum Gasteiger partial charge on any atom is -0.370 e. The van der Waals surface area contributed by atoms with Gasteiger partial charge < -0.3 is 10.5 Å². The molecule has 0 aliphatic carbocycles. The second kappa shape index (κ2) is 8.11. The summed E-state index contributed by atoms with van der Waals surface area (Å²) >= 11 is 0. The first-order chi connectivity index (χ1) is 14.8. The number of hydrogen-bond donors (Lipinski definition) is 1. The number of carbonyl (C=O) groups excluding carboxylic acids is 1. The number of nitrogens with two attached hydrogens (primary N) is 1.